The van der Waals surface area contributed by atoms with Gasteiger partial charge in [0.1, 0.15) is 11.0 Å². The molecule has 0 saturated heterocycles. The molecule has 7 nitrogen and oxygen atoms in total. The second-order valence-electron chi connectivity index (χ2n) is 5.96. The number of methoxy groups -OCH3 is 1. The van der Waals surface area contributed by atoms with Crippen LogP contribution >= 0.6 is 0 Å². The van der Waals surface area contributed by atoms with Crippen LogP contribution in [0.25, 0.3) is 22.2 Å². The molecule has 0 amide bonds. The lowest BCUT2D eigenvalue weighted by Gasteiger charge is -2.15. The van der Waals surface area contributed by atoms with E-state index in [4.69, 9.17) is 14.2 Å². The lowest BCUT2D eigenvalue weighted by molar-refractivity contribution is -0.139. The molecule has 0 unspecified atom stereocenters. The number of hydrogen-bond donors (Lipinski definition) is 1. The average molecular weight is 367 g/mol. The van der Waals surface area contributed by atoms with Crippen LogP contribution in [0.3, 0.4) is 0 Å². The Bertz CT molecular complexity index is 951. The molecule has 1 heterocycles. The zero-order valence-electron chi connectivity index (χ0n) is 15.3. The maximum absolute atomic E-state index is 11.4. The average Bonchev–Trinajstić information content (AvgIpc) is 3.15. The van der Waals surface area contributed by atoms with Crippen LogP contribution in [0.4, 0.5) is 0 Å². The standard InChI is InChI=1S/C20H21N3O4/c1-13(2)20(24)27-11-7-10-26-16-12-15-18(22-23-21-15)17(19(16)25-3)14-8-5-4-6-9-14/h4-6,8-9,12H,1,7,10-11H2,2-3H3,(H,21,22,23). The molecule has 0 radical (unpaired) electrons. The van der Waals surface area contributed by atoms with Crippen LogP contribution in [0.5, 0.6) is 11.5 Å². The third kappa shape index (κ3) is 4.08. The van der Waals surface area contributed by atoms with Gasteiger partial charge >= 0.3 is 5.97 Å². The summed E-state index contributed by atoms with van der Waals surface area (Å²) in [5.41, 5.74) is 3.53. The Labute approximate surface area is 156 Å². The second-order valence-corrected chi connectivity index (χ2v) is 5.96. The number of aromatic nitrogens is 3. The summed E-state index contributed by atoms with van der Waals surface area (Å²) in [6.45, 7) is 5.78. The van der Waals surface area contributed by atoms with Gasteiger partial charge < -0.3 is 14.2 Å². The number of aromatic amines is 1. The molecular weight excluding hydrogens is 346 g/mol. The Morgan fingerprint density at radius 3 is 2.67 bits per heavy atom. The molecule has 1 N–H and O–H groups in total. The molecule has 3 rings (SSSR count). The summed E-state index contributed by atoms with van der Waals surface area (Å²) in [4.78, 5) is 11.4. The van der Waals surface area contributed by atoms with Crippen molar-refractivity contribution in [2.75, 3.05) is 20.3 Å². The van der Waals surface area contributed by atoms with Crippen LogP contribution in [-0.2, 0) is 9.53 Å². The number of rotatable bonds is 8. The molecule has 0 aliphatic carbocycles. The zero-order valence-corrected chi connectivity index (χ0v) is 15.3. The molecule has 0 aliphatic rings. The quantitative estimate of drug-likeness (QED) is 0.372. The van der Waals surface area contributed by atoms with Gasteiger partial charge in [0, 0.05) is 18.1 Å². The van der Waals surface area contributed by atoms with Gasteiger partial charge in [-0.3, -0.25) is 0 Å². The minimum absolute atomic E-state index is 0.256. The number of ether oxygens (including phenoxy) is 3. The highest BCUT2D eigenvalue weighted by atomic mass is 16.5. The molecule has 0 bridgehead atoms. The molecule has 2 aromatic carbocycles. The van der Waals surface area contributed by atoms with E-state index in [2.05, 4.69) is 22.0 Å². The van der Waals surface area contributed by atoms with Gasteiger partial charge in [-0.05, 0) is 12.5 Å². The topological polar surface area (TPSA) is 86.3 Å². The summed E-state index contributed by atoms with van der Waals surface area (Å²) in [7, 11) is 1.59. The molecule has 140 valence electrons. The van der Waals surface area contributed by atoms with Crippen LogP contribution in [-0.4, -0.2) is 41.7 Å². The van der Waals surface area contributed by atoms with Crippen LogP contribution in [0.2, 0.25) is 0 Å². The first-order chi connectivity index (χ1) is 13.1. The highest BCUT2D eigenvalue weighted by Gasteiger charge is 2.19. The van der Waals surface area contributed by atoms with Crippen molar-refractivity contribution in [3.05, 3.63) is 48.6 Å². The normalized spacial score (nSPS) is 10.6. The first kappa shape index (κ1) is 18.4. The minimum Gasteiger partial charge on any atom is -0.492 e. The van der Waals surface area contributed by atoms with Gasteiger partial charge in [0.25, 0.3) is 0 Å². The number of hydrogen-bond acceptors (Lipinski definition) is 6. The number of fused-ring (bicyclic) bond motifs is 1. The Morgan fingerprint density at radius 2 is 1.96 bits per heavy atom. The molecule has 27 heavy (non-hydrogen) atoms. The molecule has 0 fully saturated rings. The van der Waals surface area contributed by atoms with Crippen molar-refractivity contribution >= 4 is 17.0 Å². The summed E-state index contributed by atoms with van der Waals surface area (Å²) >= 11 is 0. The van der Waals surface area contributed by atoms with E-state index < -0.39 is 5.97 Å². The van der Waals surface area contributed by atoms with E-state index in [1.807, 2.05) is 30.3 Å². The fraction of sp³-hybridized carbons (Fsp3) is 0.250. The van der Waals surface area contributed by atoms with E-state index in [1.54, 1.807) is 20.1 Å². The van der Waals surface area contributed by atoms with Gasteiger partial charge in [-0.25, -0.2) is 4.79 Å². The van der Waals surface area contributed by atoms with Crippen molar-refractivity contribution in [3.63, 3.8) is 0 Å². The number of benzene rings is 2. The van der Waals surface area contributed by atoms with E-state index >= 15 is 0 Å². The zero-order chi connectivity index (χ0) is 19.2. The molecule has 0 spiro atoms. The van der Waals surface area contributed by atoms with Crippen LogP contribution in [0.15, 0.2) is 48.6 Å². The van der Waals surface area contributed by atoms with Crippen molar-refractivity contribution in [1.82, 2.24) is 15.4 Å². The van der Waals surface area contributed by atoms with Crippen LogP contribution in [0.1, 0.15) is 13.3 Å². The van der Waals surface area contributed by atoms with Gasteiger partial charge in [-0.15, -0.1) is 0 Å². The third-order valence-electron chi connectivity index (χ3n) is 3.92. The predicted molar refractivity (Wildman–Crippen MR) is 102 cm³/mol. The summed E-state index contributed by atoms with van der Waals surface area (Å²) in [5, 5.41) is 11.1. The third-order valence-corrected chi connectivity index (χ3v) is 3.92. The summed E-state index contributed by atoms with van der Waals surface area (Å²) in [5.74, 6) is 0.744. The van der Waals surface area contributed by atoms with Gasteiger partial charge in [-0.2, -0.15) is 15.4 Å². The minimum atomic E-state index is -0.400. The van der Waals surface area contributed by atoms with E-state index in [-0.39, 0.29) is 6.61 Å². The fourth-order valence-electron chi connectivity index (χ4n) is 2.66. The first-order valence-electron chi connectivity index (χ1n) is 8.54. The molecular formula is C20H21N3O4. The lowest BCUT2D eigenvalue weighted by atomic mass is 10.0. The molecule has 0 saturated carbocycles. The number of nitrogens with one attached hydrogen (secondary N) is 1. The highest BCUT2D eigenvalue weighted by molar-refractivity contribution is 5.97. The number of carbonyl (C=O) groups excluding carboxylic acids is 1. The maximum Gasteiger partial charge on any atom is 0.333 e. The molecule has 3 aromatic rings. The molecule has 0 aliphatic heterocycles. The van der Waals surface area contributed by atoms with Crippen molar-refractivity contribution in [1.29, 1.82) is 0 Å². The molecule has 7 heteroatoms. The SMILES string of the molecule is C=C(C)C(=O)OCCCOc1cc2n[nH]nc2c(-c2ccccc2)c1OC. The number of H-pyrrole nitrogens is 1. The van der Waals surface area contributed by atoms with Crippen LogP contribution < -0.4 is 9.47 Å². The van der Waals surface area contributed by atoms with Gasteiger partial charge in [-0.1, -0.05) is 36.9 Å². The van der Waals surface area contributed by atoms with Crippen molar-refractivity contribution in [2.24, 2.45) is 0 Å². The number of nitrogens with zero attached hydrogens (tertiary/aromatic N) is 2. The summed E-state index contributed by atoms with van der Waals surface area (Å²) in [6, 6.07) is 11.6. The van der Waals surface area contributed by atoms with E-state index in [0.29, 0.717) is 41.1 Å². The number of esters is 1. The Kier molecular flexibility index (Phi) is 5.71. The summed E-state index contributed by atoms with van der Waals surface area (Å²) in [6.07, 6.45) is 0.541. The lowest BCUT2D eigenvalue weighted by Crippen LogP contribution is -2.09. The maximum atomic E-state index is 11.4. The number of carbonyl (C=O) groups is 1. The van der Waals surface area contributed by atoms with Gasteiger partial charge in [0.15, 0.2) is 11.5 Å². The molecule has 0 atom stereocenters. The Hall–Kier alpha value is -3.35. The predicted octanol–water partition coefficient (Wildman–Crippen LogP) is 3.52. The Morgan fingerprint density at radius 1 is 1.19 bits per heavy atom. The van der Waals surface area contributed by atoms with Gasteiger partial charge in [0.05, 0.1) is 25.9 Å². The highest BCUT2D eigenvalue weighted by Crippen LogP contribution is 2.42. The monoisotopic (exact) mass is 367 g/mol. The van der Waals surface area contributed by atoms with Crippen molar-refractivity contribution < 1.29 is 19.0 Å². The Balaban J connectivity index is 1.81. The van der Waals surface area contributed by atoms with Gasteiger partial charge in [0.2, 0.25) is 0 Å². The van der Waals surface area contributed by atoms with E-state index in [9.17, 15) is 4.79 Å². The molecule has 1 aromatic heterocycles. The fourth-order valence-corrected chi connectivity index (χ4v) is 2.66. The summed E-state index contributed by atoms with van der Waals surface area (Å²) < 4.78 is 16.6. The van der Waals surface area contributed by atoms with Crippen LogP contribution in [0, 0.1) is 0 Å². The largest absolute Gasteiger partial charge is 0.492 e. The van der Waals surface area contributed by atoms with E-state index in [0.717, 1.165) is 11.1 Å². The van der Waals surface area contributed by atoms with Crippen molar-refractivity contribution in [3.8, 4) is 22.6 Å². The van der Waals surface area contributed by atoms with E-state index in [1.165, 1.54) is 0 Å². The van der Waals surface area contributed by atoms with Crippen molar-refractivity contribution in [2.45, 2.75) is 13.3 Å². The second kappa shape index (κ2) is 8.35. The smallest absolute Gasteiger partial charge is 0.333 e. The first-order valence-corrected chi connectivity index (χ1v) is 8.54.